The van der Waals surface area contributed by atoms with Gasteiger partial charge >= 0.3 is 6.18 Å². The highest BCUT2D eigenvalue weighted by atomic mass is 19.4. The Bertz CT molecular complexity index is 476. The van der Waals surface area contributed by atoms with Crippen molar-refractivity contribution in [1.29, 1.82) is 5.26 Å². The summed E-state index contributed by atoms with van der Waals surface area (Å²) in [5.41, 5.74) is 1.63. The summed E-state index contributed by atoms with van der Waals surface area (Å²) in [6.45, 7) is 0.679. The van der Waals surface area contributed by atoms with E-state index in [-0.39, 0.29) is 6.04 Å². The van der Waals surface area contributed by atoms with Crippen LogP contribution in [-0.4, -0.2) is 36.8 Å². The van der Waals surface area contributed by atoms with E-state index < -0.39 is 12.7 Å². The third-order valence-electron chi connectivity index (χ3n) is 3.35. The Morgan fingerprint density at radius 3 is 2.60 bits per heavy atom. The van der Waals surface area contributed by atoms with Crippen LogP contribution in [0.4, 0.5) is 13.2 Å². The van der Waals surface area contributed by atoms with Crippen molar-refractivity contribution in [3.63, 3.8) is 0 Å². The second kappa shape index (κ2) is 6.25. The molecule has 1 aliphatic heterocycles. The SMILES string of the molecule is N#Cc1ccc(CN[C@@H]2CCN(CC(F)(F)F)C2)cc1. The van der Waals surface area contributed by atoms with E-state index in [1.54, 1.807) is 12.1 Å². The van der Waals surface area contributed by atoms with Gasteiger partial charge in [-0.2, -0.15) is 18.4 Å². The Balaban J connectivity index is 1.76. The molecule has 1 atom stereocenters. The van der Waals surface area contributed by atoms with Gasteiger partial charge in [-0.25, -0.2) is 0 Å². The lowest BCUT2D eigenvalue weighted by Gasteiger charge is -2.18. The van der Waals surface area contributed by atoms with Crippen molar-refractivity contribution >= 4 is 0 Å². The second-order valence-corrected chi connectivity index (χ2v) is 5.03. The lowest BCUT2D eigenvalue weighted by molar-refractivity contribution is -0.143. The summed E-state index contributed by atoms with van der Waals surface area (Å²) in [4.78, 5) is 1.43. The number of nitrogens with one attached hydrogen (secondary N) is 1. The van der Waals surface area contributed by atoms with Gasteiger partial charge in [-0.3, -0.25) is 4.90 Å². The van der Waals surface area contributed by atoms with Crippen molar-refractivity contribution in [3.8, 4) is 6.07 Å². The lowest BCUT2D eigenvalue weighted by atomic mass is 10.1. The van der Waals surface area contributed by atoms with Crippen LogP contribution >= 0.6 is 0 Å². The number of halogens is 3. The zero-order valence-corrected chi connectivity index (χ0v) is 11.0. The second-order valence-electron chi connectivity index (χ2n) is 5.03. The van der Waals surface area contributed by atoms with Gasteiger partial charge in [0.05, 0.1) is 18.2 Å². The van der Waals surface area contributed by atoms with E-state index in [2.05, 4.69) is 5.32 Å². The Morgan fingerprint density at radius 2 is 2.00 bits per heavy atom. The third kappa shape index (κ3) is 4.51. The van der Waals surface area contributed by atoms with E-state index in [9.17, 15) is 13.2 Å². The number of alkyl halides is 3. The first-order valence-corrected chi connectivity index (χ1v) is 6.48. The van der Waals surface area contributed by atoms with Crippen LogP contribution in [0.1, 0.15) is 17.5 Å². The van der Waals surface area contributed by atoms with Gasteiger partial charge in [-0.15, -0.1) is 0 Å². The van der Waals surface area contributed by atoms with Crippen molar-refractivity contribution < 1.29 is 13.2 Å². The molecule has 1 heterocycles. The molecule has 20 heavy (non-hydrogen) atoms. The number of rotatable bonds is 4. The Hall–Kier alpha value is -1.58. The molecule has 0 unspecified atom stereocenters. The molecule has 1 aliphatic rings. The van der Waals surface area contributed by atoms with Gasteiger partial charge in [0.1, 0.15) is 0 Å². The van der Waals surface area contributed by atoms with Gasteiger partial charge in [0, 0.05) is 25.7 Å². The van der Waals surface area contributed by atoms with Crippen molar-refractivity contribution in [3.05, 3.63) is 35.4 Å². The van der Waals surface area contributed by atoms with Crippen molar-refractivity contribution in [2.45, 2.75) is 25.2 Å². The Morgan fingerprint density at radius 1 is 1.30 bits per heavy atom. The van der Waals surface area contributed by atoms with Crippen LogP contribution in [0.25, 0.3) is 0 Å². The maximum absolute atomic E-state index is 12.3. The first kappa shape index (κ1) is 14.8. The molecule has 0 aromatic heterocycles. The van der Waals surface area contributed by atoms with Gasteiger partial charge in [0.15, 0.2) is 0 Å². The summed E-state index contributed by atoms with van der Waals surface area (Å²) in [6, 6.07) is 9.32. The van der Waals surface area contributed by atoms with E-state index >= 15 is 0 Å². The minimum Gasteiger partial charge on any atom is -0.309 e. The molecule has 1 fully saturated rings. The zero-order valence-electron chi connectivity index (χ0n) is 11.0. The first-order chi connectivity index (χ1) is 9.46. The van der Waals surface area contributed by atoms with E-state index in [1.165, 1.54) is 4.90 Å². The van der Waals surface area contributed by atoms with Crippen LogP contribution in [0.5, 0.6) is 0 Å². The lowest BCUT2D eigenvalue weighted by Crippen LogP contribution is -2.36. The van der Waals surface area contributed by atoms with Crippen LogP contribution in [0.15, 0.2) is 24.3 Å². The minimum atomic E-state index is -4.12. The number of likely N-dealkylation sites (tertiary alicyclic amines) is 1. The maximum atomic E-state index is 12.3. The largest absolute Gasteiger partial charge is 0.401 e. The fourth-order valence-corrected chi connectivity index (χ4v) is 2.36. The van der Waals surface area contributed by atoms with Gasteiger partial charge in [-0.05, 0) is 24.1 Å². The highest BCUT2D eigenvalue weighted by Crippen LogP contribution is 2.20. The van der Waals surface area contributed by atoms with Crippen molar-refractivity contribution in [1.82, 2.24) is 10.2 Å². The quantitative estimate of drug-likeness (QED) is 0.921. The summed E-state index contributed by atoms with van der Waals surface area (Å²) < 4.78 is 36.8. The summed E-state index contributed by atoms with van der Waals surface area (Å²) in [5.74, 6) is 0. The molecule has 3 nitrogen and oxygen atoms in total. The van der Waals surface area contributed by atoms with Gasteiger partial charge in [0.25, 0.3) is 0 Å². The van der Waals surface area contributed by atoms with Crippen LogP contribution in [0.3, 0.4) is 0 Å². The maximum Gasteiger partial charge on any atom is 0.401 e. The highest BCUT2D eigenvalue weighted by molar-refractivity contribution is 5.31. The molecule has 0 aliphatic carbocycles. The molecule has 6 heteroatoms. The zero-order chi connectivity index (χ0) is 14.6. The Labute approximate surface area is 116 Å². The summed E-state index contributed by atoms with van der Waals surface area (Å²) in [5, 5.41) is 11.9. The van der Waals surface area contributed by atoms with Crippen molar-refractivity contribution in [2.24, 2.45) is 0 Å². The van der Waals surface area contributed by atoms with E-state index in [1.807, 2.05) is 18.2 Å². The molecular weight excluding hydrogens is 267 g/mol. The molecule has 0 radical (unpaired) electrons. The molecule has 1 saturated heterocycles. The van der Waals surface area contributed by atoms with Crippen LogP contribution < -0.4 is 5.32 Å². The van der Waals surface area contributed by atoms with E-state index in [0.717, 1.165) is 12.0 Å². The summed E-state index contributed by atoms with van der Waals surface area (Å²) in [6.07, 6.45) is -3.39. The number of hydrogen-bond acceptors (Lipinski definition) is 3. The number of nitrogens with zero attached hydrogens (tertiary/aromatic N) is 2. The van der Waals surface area contributed by atoms with E-state index in [4.69, 9.17) is 5.26 Å². The standard InChI is InChI=1S/C14H16F3N3/c15-14(16,17)10-20-6-5-13(9-20)19-8-12-3-1-11(7-18)2-4-12/h1-4,13,19H,5-6,8-10H2/t13-/m1/s1. The number of nitriles is 1. The summed E-state index contributed by atoms with van der Waals surface area (Å²) in [7, 11) is 0. The molecule has 0 saturated carbocycles. The van der Waals surface area contributed by atoms with Gasteiger partial charge in [-0.1, -0.05) is 12.1 Å². The third-order valence-corrected chi connectivity index (χ3v) is 3.35. The molecule has 0 amide bonds. The molecule has 0 spiro atoms. The molecule has 108 valence electrons. The normalized spacial score (nSPS) is 20.0. The van der Waals surface area contributed by atoms with E-state index in [0.29, 0.717) is 25.2 Å². The first-order valence-electron chi connectivity index (χ1n) is 6.48. The molecule has 1 N–H and O–H groups in total. The predicted octanol–water partition coefficient (Wildman–Crippen LogP) is 2.28. The molecule has 1 aromatic rings. The molecule has 0 bridgehead atoms. The predicted molar refractivity (Wildman–Crippen MR) is 68.9 cm³/mol. The number of benzene rings is 1. The molecular formula is C14H16F3N3. The summed E-state index contributed by atoms with van der Waals surface area (Å²) >= 11 is 0. The number of hydrogen-bond donors (Lipinski definition) is 1. The molecule has 2 rings (SSSR count). The van der Waals surface area contributed by atoms with Crippen LogP contribution in [0.2, 0.25) is 0 Å². The molecule has 1 aromatic carbocycles. The van der Waals surface area contributed by atoms with Crippen LogP contribution in [-0.2, 0) is 6.54 Å². The van der Waals surface area contributed by atoms with Crippen LogP contribution in [0, 0.1) is 11.3 Å². The smallest absolute Gasteiger partial charge is 0.309 e. The minimum absolute atomic E-state index is 0.0907. The monoisotopic (exact) mass is 283 g/mol. The fourth-order valence-electron chi connectivity index (χ4n) is 2.36. The van der Waals surface area contributed by atoms with Crippen molar-refractivity contribution in [2.75, 3.05) is 19.6 Å². The Kier molecular flexibility index (Phi) is 4.63. The van der Waals surface area contributed by atoms with Gasteiger partial charge in [0.2, 0.25) is 0 Å². The topological polar surface area (TPSA) is 39.1 Å². The average molecular weight is 283 g/mol. The van der Waals surface area contributed by atoms with Gasteiger partial charge < -0.3 is 5.32 Å². The fraction of sp³-hybridized carbons (Fsp3) is 0.500. The highest BCUT2D eigenvalue weighted by Gasteiger charge is 2.34. The average Bonchev–Trinajstić information content (AvgIpc) is 2.82.